The van der Waals surface area contributed by atoms with Gasteiger partial charge in [0.2, 0.25) is 0 Å². The highest BCUT2D eigenvalue weighted by Crippen LogP contribution is 2.32. The van der Waals surface area contributed by atoms with E-state index >= 15 is 0 Å². The van der Waals surface area contributed by atoms with Crippen molar-refractivity contribution in [2.45, 2.75) is 20.1 Å². The molecule has 0 aromatic heterocycles. The third-order valence-corrected chi connectivity index (χ3v) is 2.28. The van der Waals surface area contributed by atoms with Gasteiger partial charge in [0.15, 0.2) is 0 Å². The van der Waals surface area contributed by atoms with Gasteiger partial charge in [0.1, 0.15) is 5.75 Å². The molecule has 0 radical (unpaired) electrons. The number of hydrogen-bond donors (Lipinski definition) is 2. The Hall–Kier alpha value is -1.04. The van der Waals surface area contributed by atoms with Gasteiger partial charge in [-0.05, 0) is 18.1 Å². The summed E-state index contributed by atoms with van der Waals surface area (Å²) in [5, 5.41) is 17.5. The molecule has 0 fully saturated rings. The molecule has 1 aromatic carbocycles. The van der Waals surface area contributed by atoms with Gasteiger partial charge < -0.3 is 19.4 Å². The van der Waals surface area contributed by atoms with E-state index in [4.69, 9.17) is 19.4 Å². The third-order valence-electron chi connectivity index (χ3n) is 2.28. The minimum absolute atomic E-state index is 0.471. The Morgan fingerprint density at radius 3 is 2.86 bits per heavy atom. The van der Waals surface area contributed by atoms with Crippen LogP contribution in [0.3, 0.4) is 0 Å². The van der Waals surface area contributed by atoms with Gasteiger partial charge in [-0.2, -0.15) is 0 Å². The number of hydrogen-bond acceptors (Lipinski definition) is 4. The Labute approximate surface area is 82.3 Å². The van der Waals surface area contributed by atoms with Gasteiger partial charge in [0.25, 0.3) is 0 Å². The van der Waals surface area contributed by atoms with Crippen LogP contribution in [0.5, 0.6) is 5.75 Å². The molecule has 14 heavy (non-hydrogen) atoms. The fourth-order valence-electron chi connectivity index (χ4n) is 1.61. The summed E-state index contributed by atoms with van der Waals surface area (Å²) in [5.74, 6) is 0.523. The molecule has 2 N–H and O–H groups in total. The minimum Gasteiger partial charge on any atom is -0.511 e. The summed E-state index contributed by atoms with van der Waals surface area (Å²) >= 11 is 0. The zero-order valence-electron chi connectivity index (χ0n) is 7.86. The molecule has 0 amide bonds. The molecule has 0 saturated heterocycles. The topological polar surface area (TPSA) is 58.9 Å². The molecule has 0 atom stereocenters. The molecule has 0 saturated carbocycles. The molecule has 4 nitrogen and oxygen atoms in total. The first-order chi connectivity index (χ1) is 6.68. The predicted octanol–water partition coefficient (Wildman–Crippen LogP) is 0.374. The van der Waals surface area contributed by atoms with Gasteiger partial charge >= 0.3 is 7.32 Å². The first-order valence-electron chi connectivity index (χ1n) is 4.40. The first-order valence-corrected chi connectivity index (χ1v) is 4.40. The maximum atomic E-state index is 8.75. The molecule has 1 heterocycles. The van der Waals surface area contributed by atoms with E-state index in [-0.39, 0.29) is 0 Å². The molecule has 1 aliphatic rings. The van der Waals surface area contributed by atoms with Crippen LogP contribution in [0.25, 0.3) is 0 Å². The van der Waals surface area contributed by atoms with Crippen LogP contribution in [-0.2, 0) is 18.0 Å². The largest absolute Gasteiger partial charge is 0.707 e. The highest BCUT2D eigenvalue weighted by atomic mass is 16.6. The van der Waals surface area contributed by atoms with Crippen LogP contribution in [0.2, 0.25) is 0 Å². The lowest BCUT2D eigenvalue weighted by molar-refractivity contribution is 0.133. The first kappa shape index (κ1) is 9.52. The highest BCUT2D eigenvalue weighted by Gasteiger charge is 2.21. The Morgan fingerprint density at radius 2 is 2.14 bits per heavy atom. The van der Waals surface area contributed by atoms with Crippen molar-refractivity contribution in [3.63, 3.8) is 0 Å². The number of rotatable bonds is 2. The molecule has 5 heteroatoms. The van der Waals surface area contributed by atoms with Gasteiger partial charge in [0.05, 0.1) is 13.2 Å². The van der Waals surface area contributed by atoms with Crippen LogP contribution in [-0.4, -0.2) is 17.4 Å². The quantitative estimate of drug-likeness (QED) is 0.668. The monoisotopic (exact) mass is 194 g/mol. The van der Waals surface area contributed by atoms with Crippen molar-refractivity contribution in [2.75, 3.05) is 0 Å². The van der Waals surface area contributed by atoms with Crippen LogP contribution in [0.4, 0.5) is 0 Å². The Kier molecular flexibility index (Phi) is 2.45. The van der Waals surface area contributed by atoms with Crippen molar-refractivity contribution in [1.82, 2.24) is 0 Å². The summed E-state index contributed by atoms with van der Waals surface area (Å²) in [6.07, 6.45) is 0. The summed E-state index contributed by atoms with van der Waals surface area (Å²) < 4.78 is 10.2. The third kappa shape index (κ3) is 1.62. The molecule has 1 aliphatic heterocycles. The SMILES string of the molecule is Cc1ccc2c(c1OB(O)O)COC2. The standard InChI is InChI=1S/C9H11BO4/c1-6-2-3-7-4-13-5-8(7)9(6)14-10(11)12/h2-3,11-12H,4-5H2,1H3. The molecule has 74 valence electrons. The summed E-state index contributed by atoms with van der Waals surface area (Å²) in [6, 6.07) is 3.85. The Morgan fingerprint density at radius 1 is 1.36 bits per heavy atom. The Balaban J connectivity index is 2.41. The summed E-state index contributed by atoms with van der Waals surface area (Å²) in [5.41, 5.74) is 2.84. The zero-order chi connectivity index (χ0) is 10.1. The van der Waals surface area contributed by atoms with E-state index in [2.05, 4.69) is 0 Å². The molecule has 0 spiro atoms. The van der Waals surface area contributed by atoms with Gasteiger partial charge in [0, 0.05) is 5.56 Å². The second kappa shape index (κ2) is 3.61. The average Bonchev–Trinajstić information content (AvgIpc) is 2.57. The molecule has 0 aliphatic carbocycles. The summed E-state index contributed by atoms with van der Waals surface area (Å²) in [7, 11) is -1.78. The van der Waals surface area contributed by atoms with E-state index in [1.807, 2.05) is 19.1 Å². The van der Waals surface area contributed by atoms with Gasteiger partial charge in [-0.25, -0.2) is 0 Å². The lowest BCUT2D eigenvalue weighted by Crippen LogP contribution is -2.22. The molecule has 2 rings (SSSR count). The second-order valence-corrected chi connectivity index (χ2v) is 3.29. The van der Waals surface area contributed by atoms with E-state index in [1.165, 1.54) is 0 Å². The Bertz CT molecular complexity index is 351. The van der Waals surface area contributed by atoms with Crippen molar-refractivity contribution in [2.24, 2.45) is 0 Å². The van der Waals surface area contributed by atoms with Crippen molar-refractivity contribution in [1.29, 1.82) is 0 Å². The van der Waals surface area contributed by atoms with Crippen LogP contribution in [0, 0.1) is 6.92 Å². The number of aryl methyl sites for hydroxylation is 1. The second-order valence-electron chi connectivity index (χ2n) is 3.29. The molecular formula is C9H11BO4. The molecule has 0 bridgehead atoms. The van der Waals surface area contributed by atoms with E-state index < -0.39 is 7.32 Å². The van der Waals surface area contributed by atoms with Crippen molar-refractivity contribution in [3.05, 3.63) is 28.8 Å². The van der Waals surface area contributed by atoms with Gasteiger partial charge in [-0.15, -0.1) is 0 Å². The van der Waals surface area contributed by atoms with E-state index in [1.54, 1.807) is 0 Å². The normalized spacial score (nSPS) is 13.9. The maximum absolute atomic E-state index is 8.75. The lowest BCUT2D eigenvalue weighted by Gasteiger charge is -2.12. The molecule has 0 unspecified atom stereocenters. The van der Waals surface area contributed by atoms with Crippen LogP contribution in [0.15, 0.2) is 12.1 Å². The van der Waals surface area contributed by atoms with E-state index in [0.29, 0.717) is 19.0 Å². The fraction of sp³-hybridized carbons (Fsp3) is 0.333. The van der Waals surface area contributed by atoms with Crippen molar-refractivity contribution >= 4 is 7.32 Å². The fourth-order valence-corrected chi connectivity index (χ4v) is 1.61. The number of benzene rings is 1. The van der Waals surface area contributed by atoms with Crippen molar-refractivity contribution < 1.29 is 19.4 Å². The zero-order valence-corrected chi connectivity index (χ0v) is 7.86. The van der Waals surface area contributed by atoms with Crippen LogP contribution < -0.4 is 4.65 Å². The van der Waals surface area contributed by atoms with E-state index in [9.17, 15) is 0 Å². The highest BCUT2D eigenvalue weighted by molar-refractivity contribution is 6.33. The smallest absolute Gasteiger partial charge is 0.511 e. The van der Waals surface area contributed by atoms with Gasteiger partial charge in [-0.3, -0.25) is 0 Å². The van der Waals surface area contributed by atoms with Crippen LogP contribution in [0.1, 0.15) is 16.7 Å². The maximum Gasteiger partial charge on any atom is 0.707 e. The molecule has 1 aromatic rings. The summed E-state index contributed by atoms with van der Waals surface area (Å²) in [6.45, 7) is 2.89. The lowest BCUT2D eigenvalue weighted by atomic mass is 10.0. The predicted molar refractivity (Wildman–Crippen MR) is 50.5 cm³/mol. The molecular weight excluding hydrogens is 183 g/mol. The van der Waals surface area contributed by atoms with Crippen molar-refractivity contribution in [3.8, 4) is 5.75 Å². The number of ether oxygens (including phenoxy) is 1. The van der Waals surface area contributed by atoms with E-state index in [0.717, 1.165) is 16.7 Å². The minimum atomic E-state index is -1.78. The van der Waals surface area contributed by atoms with Gasteiger partial charge in [-0.1, -0.05) is 12.1 Å². The average molecular weight is 194 g/mol. The number of fused-ring (bicyclic) bond motifs is 1. The van der Waals surface area contributed by atoms with Crippen LogP contribution >= 0.6 is 0 Å². The summed E-state index contributed by atoms with van der Waals surface area (Å²) in [4.78, 5) is 0.